The molecule has 3 heteroatoms. The summed E-state index contributed by atoms with van der Waals surface area (Å²) in [6.07, 6.45) is 6.60. The molecule has 110 valence electrons. The smallest absolute Gasteiger partial charge is 0.0721 e. The van der Waals surface area contributed by atoms with Crippen LogP contribution in [0.25, 0.3) is 0 Å². The molecule has 1 aliphatic heterocycles. The second-order valence-electron chi connectivity index (χ2n) is 6.07. The highest BCUT2D eigenvalue weighted by Gasteiger charge is 2.33. The van der Waals surface area contributed by atoms with Crippen molar-refractivity contribution < 1.29 is 4.74 Å². The summed E-state index contributed by atoms with van der Waals surface area (Å²) in [7, 11) is 0. The monoisotopic (exact) mass is 293 g/mol. The average Bonchev–Trinajstić information content (AvgIpc) is 2.95. The summed E-state index contributed by atoms with van der Waals surface area (Å²) < 4.78 is 6.06. The number of alkyl halides is 1. The molecule has 1 aromatic rings. The summed E-state index contributed by atoms with van der Waals surface area (Å²) in [5.41, 5.74) is 1.26. The highest BCUT2D eigenvalue weighted by Crippen LogP contribution is 2.30. The van der Waals surface area contributed by atoms with E-state index in [0.29, 0.717) is 17.5 Å². The van der Waals surface area contributed by atoms with Gasteiger partial charge in [-0.15, -0.1) is 11.6 Å². The fraction of sp³-hybridized carbons (Fsp3) is 0.647. The molecule has 0 radical (unpaired) electrons. The van der Waals surface area contributed by atoms with E-state index >= 15 is 0 Å². The number of rotatable bonds is 4. The fourth-order valence-corrected chi connectivity index (χ4v) is 3.90. The Morgan fingerprint density at radius 2 is 1.90 bits per heavy atom. The number of likely N-dealkylation sites (tertiary alicyclic amines) is 1. The maximum Gasteiger partial charge on any atom is 0.0721 e. The number of nitrogens with zero attached hydrogens (tertiary/aromatic N) is 1. The van der Waals surface area contributed by atoms with Crippen LogP contribution in [-0.2, 0) is 11.3 Å². The molecule has 3 rings (SSSR count). The Morgan fingerprint density at radius 3 is 2.70 bits per heavy atom. The van der Waals surface area contributed by atoms with E-state index in [0.717, 1.165) is 26.1 Å². The third-order valence-corrected chi connectivity index (χ3v) is 5.13. The van der Waals surface area contributed by atoms with Gasteiger partial charge in [-0.2, -0.15) is 0 Å². The van der Waals surface area contributed by atoms with Gasteiger partial charge in [-0.3, -0.25) is 4.90 Å². The summed E-state index contributed by atoms with van der Waals surface area (Å²) >= 11 is 6.50. The highest BCUT2D eigenvalue weighted by molar-refractivity contribution is 6.21. The van der Waals surface area contributed by atoms with E-state index in [4.69, 9.17) is 16.3 Å². The molecule has 0 amide bonds. The van der Waals surface area contributed by atoms with Crippen LogP contribution in [0.2, 0.25) is 0 Å². The van der Waals surface area contributed by atoms with Crippen LogP contribution in [-0.4, -0.2) is 35.5 Å². The lowest BCUT2D eigenvalue weighted by Crippen LogP contribution is -2.42. The Morgan fingerprint density at radius 1 is 1.10 bits per heavy atom. The molecule has 0 aromatic heterocycles. The molecule has 1 saturated heterocycles. The highest BCUT2D eigenvalue weighted by atomic mass is 35.5. The standard InChI is InChI=1S/C17H24ClNO/c18-16-8-4-5-9-17(16)19-11-10-15(12-19)20-13-14-6-2-1-3-7-14/h1-3,6-7,15-17H,4-5,8-13H2/t15-,16-,17?/m0/s1. The van der Waals surface area contributed by atoms with Crippen LogP contribution < -0.4 is 0 Å². The molecule has 20 heavy (non-hydrogen) atoms. The zero-order chi connectivity index (χ0) is 13.8. The Hall–Kier alpha value is -0.570. The van der Waals surface area contributed by atoms with Crippen LogP contribution in [0.15, 0.2) is 30.3 Å². The van der Waals surface area contributed by atoms with Gasteiger partial charge in [0.05, 0.1) is 12.7 Å². The van der Waals surface area contributed by atoms with Gasteiger partial charge < -0.3 is 4.74 Å². The third-order valence-electron chi connectivity index (χ3n) is 4.62. The molecule has 0 N–H and O–H groups in total. The van der Waals surface area contributed by atoms with E-state index in [1.54, 1.807) is 0 Å². The normalized spacial score (nSPS) is 31.6. The van der Waals surface area contributed by atoms with Crippen molar-refractivity contribution in [3.8, 4) is 0 Å². The lowest BCUT2D eigenvalue weighted by molar-refractivity contribution is 0.0414. The summed E-state index contributed by atoms with van der Waals surface area (Å²) in [6.45, 7) is 2.93. The SMILES string of the molecule is Cl[C@H]1CCCCC1N1CC[C@H](OCc2ccccc2)C1. The molecule has 2 fully saturated rings. The molecule has 1 heterocycles. The molecular weight excluding hydrogens is 270 g/mol. The lowest BCUT2D eigenvalue weighted by Gasteiger charge is -2.34. The molecule has 2 aliphatic rings. The van der Waals surface area contributed by atoms with Crippen LogP contribution in [0.5, 0.6) is 0 Å². The Labute approximate surface area is 127 Å². The van der Waals surface area contributed by atoms with E-state index < -0.39 is 0 Å². The van der Waals surface area contributed by atoms with Crippen LogP contribution in [0, 0.1) is 0 Å². The van der Waals surface area contributed by atoms with Crippen molar-refractivity contribution in [3.63, 3.8) is 0 Å². The summed E-state index contributed by atoms with van der Waals surface area (Å²) in [4.78, 5) is 2.56. The first kappa shape index (κ1) is 14.4. The number of ether oxygens (including phenoxy) is 1. The number of halogens is 1. The van der Waals surface area contributed by atoms with Crippen molar-refractivity contribution >= 4 is 11.6 Å². The maximum absolute atomic E-state index is 6.50. The Balaban J connectivity index is 1.47. The second-order valence-corrected chi connectivity index (χ2v) is 6.63. The minimum absolute atomic E-state index is 0.344. The molecule has 3 atom stereocenters. The zero-order valence-corrected chi connectivity index (χ0v) is 12.8. The molecule has 1 unspecified atom stereocenters. The van der Waals surface area contributed by atoms with Gasteiger partial charge in [0.2, 0.25) is 0 Å². The van der Waals surface area contributed by atoms with E-state index in [-0.39, 0.29) is 0 Å². The van der Waals surface area contributed by atoms with E-state index in [9.17, 15) is 0 Å². The quantitative estimate of drug-likeness (QED) is 0.782. The molecule has 0 spiro atoms. The molecule has 2 nitrogen and oxygen atoms in total. The molecule has 1 aromatic carbocycles. The summed E-state index contributed by atoms with van der Waals surface area (Å²) in [5, 5.41) is 0.344. The van der Waals surface area contributed by atoms with Crippen molar-refractivity contribution in [1.82, 2.24) is 4.90 Å². The number of benzene rings is 1. The van der Waals surface area contributed by atoms with Gasteiger partial charge >= 0.3 is 0 Å². The predicted molar refractivity (Wildman–Crippen MR) is 83.1 cm³/mol. The van der Waals surface area contributed by atoms with Gasteiger partial charge in [0.25, 0.3) is 0 Å². The number of hydrogen-bond donors (Lipinski definition) is 0. The van der Waals surface area contributed by atoms with E-state index in [1.807, 2.05) is 6.07 Å². The number of hydrogen-bond acceptors (Lipinski definition) is 2. The Kier molecular flexibility index (Phi) is 4.98. The van der Waals surface area contributed by atoms with Crippen LogP contribution in [0.4, 0.5) is 0 Å². The van der Waals surface area contributed by atoms with Gasteiger partial charge in [0.15, 0.2) is 0 Å². The van der Waals surface area contributed by atoms with Gasteiger partial charge in [0.1, 0.15) is 0 Å². The predicted octanol–water partition coefficient (Wildman–Crippen LogP) is 3.83. The first-order valence-electron chi connectivity index (χ1n) is 7.86. The molecular formula is C17H24ClNO. The van der Waals surface area contributed by atoms with Crippen molar-refractivity contribution in [3.05, 3.63) is 35.9 Å². The van der Waals surface area contributed by atoms with Gasteiger partial charge in [-0.25, -0.2) is 0 Å². The summed E-state index contributed by atoms with van der Waals surface area (Å²) in [5.74, 6) is 0. The zero-order valence-electron chi connectivity index (χ0n) is 12.0. The first-order valence-corrected chi connectivity index (χ1v) is 8.30. The first-order chi connectivity index (χ1) is 9.83. The largest absolute Gasteiger partial charge is 0.372 e. The van der Waals surface area contributed by atoms with Gasteiger partial charge in [-0.05, 0) is 24.8 Å². The van der Waals surface area contributed by atoms with E-state index in [1.165, 1.54) is 31.2 Å². The lowest BCUT2D eigenvalue weighted by atomic mass is 9.94. The molecule has 1 aliphatic carbocycles. The van der Waals surface area contributed by atoms with Crippen molar-refractivity contribution in [2.75, 3.05) is 13.1 Å². The average molecular weight is 294 g/mol. The van der Waals surface area contributed by atoms with Crippen molar-refractivity contribution in [1.29, 1.82) is 0 Å². The topological polar surface area (TPSA) is 12.5 Å². The van der Waals surface area contributed by atoms with Crippen LogP contribution in [0.1, 0.15) is 37.7 Å². The van der Waals surface area contributed by atoms with Gasteiger partial charge in [-0.1, -0.05) is 43.2 Å². The van der Waals surface area contributed by atoms with Crippen LogP contribution in [0.3, 0.4) is 0 Å². The van der Waals surface area contributed by atoms with E-state index in [2.05, 4.69) is 29.2 Å². The molecule has 0 bridgehead atoms. The maximum atomic E-state index is 6.50. The minimum Gasteiger partial charge on any atom is -0.372 e. The molecule has 1 saturated carbocycles. The van der Waals surface area contributed by atoms with Crippen molar-refractivity contribution in [2.24, 2.45) is 0 Å². The van der Waals surface area contributed by atoms with Crippen molar-refractivity contribution in [2.45, 2.75) is 56.2 Å². The van der Waals surface area contributed by atoms with Gasteiger partial charge in [0, 0.05) is 24.5 Å². The summed E-state index contributed by atoms with van der Waals surface area (Å²) in [6, 6.07) is 11.0. The van der Waals surface area contributed by atoms with Crippen LogP contribution >= 0.6 is 11.6 Å². The minimum atomic E-state index is 0.344. The Bertz CT molecular complexity index is 411. The third kappa shape index (κ3) is 3.55. The fourth-order valence-electron chi connectivity index (χ4n) is 3.46. The second kappa shape index (κ2) is 6.93.